The number of amides is 1. The standard InChI is InChI=1S/C15H18FNO4/c1-10(21-13-5-3-2-4-12(13)16)15(20)17(11-6-7-11)9-8-14(18)19/h2-5,10-11H,6-9H2,1H3,(H,18,19). The molecule has 0 radical (unpaired) electrons. The van der Waals surface area contributed by atoms with Crippen LogP contribution in [0.5, 0.6) is 5.75 Å². The molecule has 1 saturated carbocycles. The lowest BCUT2D eigenvalue weighted by Gasteiger charge is -2.25. The second-order valence-corrected chi connectivity index (χ2v) is 5.10. The fraction of sp³-hybridized carbons (Fsp3) is 0.467. The zero-order valence-corrected chi connectivity index (χ0v) is 11.8. The maximum absolute atomic E-state index is 13.5. The number of para-hydroxylation sites is 1. The second-order valence-electron chi connectivity index (χ2n) is 5.10. The van der Waals surface area contributed by atoms with Crippen molar-refractivity contribution in [2.75, 3.05) is 6.54 Å². The van der Waals surface area contributed by atoms with Gasteiger partial charge in [-0.05, 0) is 31.9 Å². The highest BCUT2D eigenvalue weighted by atomic mass is 19.1. The topological polar surface area (TPSA) is 66.8 Å². The van der Waals surface area contributed by atoms with Gasteiger partial charge in [0.2, 0.25) is 0 Å². The van der Waals surface area contributed by atoms with Crippen molar-refractivity contribution < 1.29 is 23.8 Å². The number of halogens is 1. The highest BCUT2D eigenvalue weighted by molar-refractivity contribution is 5.82. The lowest BCUT2D eigenvalue weighted by Crippen LogP contribution is -2.43. The molecule has 5 nitrogen and oxygen atoms in total. The highest BCUT2D eigenvalue weighted by Crippen LogP contribution is 2.28. The number of carbonyl (C=O) groups excluding carboxylic acids is 1. The molecule has 0 spiro atoms. The van der Waals surface area contributed by atoms with Crippen molar-refractivity contribution in [1.29, 1.82) is 0 Å². The van der Waals surface area contributed by atoms with Crippen molar-refractivity contribution >= 4 is 11.9 Å². The number of ether oxygens (including phenoxy) is 1. The molecule has 0 saturated heterocycles. The van der Waals surface area contributed by atoms with Crippen LogP contribution in [0, 0.1) is 5.82 Å². The first kappa shape index (κ1) is 15.3. The third-order valence-corrected chi connectivity index (χ3v) is 3.33. The predicted molar refractivity (Wildman–Crippen MR) is 73.5 cm³/mol. The molecule has 1 amide bonds. The fourth-order valence-electron chi connectivity index (χ4n) is 2.09. The van der Waals surface area contributed by atoms with E-state index in [4.69, 9.17) is 9.84 Å². The summed E-state index contributed by atoms with van der Waals surface area (Å²) in [7, 11) is 0. The first-order valence-corrected chi connectivity index (χ1v) is 6.92. The Labute approximate surface area is 122 Å². The summed E-state index contributed by atoms with van der Waals surface area (Å²) in [4.78, 5) is 24.5. The fourth-order valence-corrected chi connectivity index (χ4v) is 2.09. The van der Waals surface area contributed by atoms with E-state index in [0.29, 0.717) is 0 Å². The lowest BCUT2D eigenvalue weighted by atomic mass is 10.2. The van der Waals surface area contributed by atoms with Gasteiger partial charge in [-0.1, -0.05) is 12.1 Å². The Morgan fingerprint density at radius 3 is 2.67 bits per heavy atom. The molecule has 0 heterocycles. The van der Waals surface area contributed by atoms with Crippen molar-refractivity contribution in [2.45, 2.75) is 38.3 Å². The number of rotatable bonds is 7. The molecule has 2 rings (SSSR count). The van der Waals surface area contributed by atoms with Gasteiger partial charge in [0.05, 0.1) is 6.42 Å². The van der Waals surface area contributed by atoms with Crippen LogP contribution in [-0.4, -0.2) is 40.6 Å². The molecule has 1 aromatic rings. The van der Waals surface area contributed by atoms with Crippen molar-refractivity contribution in [3.63, 3.8) is 0 Å². The van der Waals surface area contributed by atoms with Gasteiger partial charge in [0.1, 0.15) is 0 Å². The van der Waals surface area contributed by atoms with Gasteiger partial charge < -0.3 is 14.7 Å². The maximum atomic E-state index is 13.5. The summed E-state index contributed by atoms with van der Waals surface area (Å²) < 4.78 is 18.9. The molecule has 1 aliphatic rings. The van der Waals surface area contributed by atoms with Crippen LogP contribution in [0.15, 0.2) is 24.3 Å². The van der Waals surface area contributed by atoms with Crippen LogP contribution in [0.4, 0.5) is 4.39 Å². The van der Waals surface area contributed by atoms with Crippen LogP contribution < -0.4 is 4.74 Å². The Morgan fingerprint density at radius 2 is 2.10 bits per heavy atom. The van der Waals surface area contributed by atoms with E-state index in [1.807, 2.05) is 0 Å². The van der Waals surface area contributed by atoms with E-state index in [0.717, 1.165) is 12.8 Å². The maximum Gasteiger partial charge on any atom is 0.305 e. The molecule has 1 fully saturated rings. The van der Waals surface area contributed by atoms with Gasteiger partial charge in [0.15, 0.2) is 17.7 Å². The van der Waals surface area contributed by atoms with Crippen LogP contribution in [0.2, 0.25) is 0 Å². The third kappa shape index (κ3) is 4.18. The van der Waals surface area contributed by atoms with Crippen molar-refractivity contribution in [1.82, 2.24) is 4.90 Å². The molecule has 1 aliphatic carbocycles. The summed E-state index contributed by atoms with van der Waals surface area (Å²) in [6.45, 7) is 1.70. The number of carboxylic acids is 1. The number of benzene rings is 1. The quantitative estimate of drug-likeness (QED) is 0.836. The molecule has 1 atom stereocenters. The largest absolute Gasteiger partial charge is 0.481 e. The number of aliphatic carboxylic acids is 1. The average molecular weight is 295 g/mol. The number of hydrogen-bond donors (Lipinski definition) is 1. The molecule has 1 unspecified atom stereocenters. The number of nitrogens with zero attached hydrogens (tertiary/aromatic N) is 1. The Morgan fingerprint density at radius 1 is 1.43 bits per heavy atom. The highest BCUT2D eigenvalue weighted by Gasteiger charge is 2.35. The van der Waals surface area contributed by atoms with Gasteiger partial charge in [-0.15, -0.1) is 0 Å². The van der Waals surface area contributed by atoms with Crippen LogP contribution >= 0.6 is 0 Å². The smallest absolute Gasteiger partial charge is 0.305 e. The van der Waals surface area contributed by atoms with Gasteiger partial charge in [0, 0.05) is 12.6 Å². The minimum atomic E-state index is -0.948. The molecule has 1 N–H and O–H groups in total. The molecule has 0 aromatic heterocycles. The SMILES string of the molecule is CC(Oc1ccccc1F)C(=O)N(CCC(=O)O)C1CC1. The lowest BCUT2D eigenvalue weighted by molar-refractivity contribution is -0.141. The Bertz CT molecular complexity index is 530. The van der Waals surface area contributed by atoms with E-state index in [1.165, 1.54) is 23.1 Å². The van der Waals surface area contributed by atoms with Crippen molar-refractivity contribution in [3.05, 3.63) is 30.1 Å². The van der Waals surface area contributed by atoms with Gasteiger partial charge in [0.25, 0.3) is 5.91 Å². The molecule has 114 valence electrons. The van der Waals surface area contributed by atoms with E-state index in [-0.39, 0.29) is 30.7 Å². The summed E-state index contributed by atoms with van der Waals surface area (Å²) in [6.07, 6.45) is 0.792. The molecule has 0 bridgehead atoms. The van der Waals surface area contributed by atoms with Crippen LogP contribution in [-0.2, 0) is 9.59 Å². The van der Waals surface area contributed by atoms with Gasteiger partial charge in [-0.2, -0.15) is 0 Å². The summed E-state index contributed by atoms with van der Waals surface area (Å²) in [5.41, 5.74) is 0. The van der Waals surface area contributed by atoms with Crippen LogP contribution in [0.25, 0.3) is 0 Å². The Hall–Kier alpha value is -2.11. The zero-order valence-electron chi connectivity index (χ0n) is 11.8. The minimum absolute atomic E-state index is 0.0207. The predicted octanol–water partition coefficient (Wildman–Crippen LogP) is 2.06. The number of carboxylic acid groups (broad SMARTS) is 1. The van der Waals surface area contributed by atoms with E-state index >= 15 is 0 Å². The second kappa shape index (κ2) is 6.56. The first-order chi connectivity index (χ1) is 9.99. The van der Waals surface area contributed by atoms with Crippen molar-refractivity contribution in [3.8, 4) is 5.75 Å². The summed E-state index contributed by atoms with van der Waals surface area (Å²) in [5.74, 6) is -1.76. The number of hydrogen-bond acceptors (Lipinski definition) is 3. The van der Waals surface area contributed by atoms with E-state index in [2.05, 4.69) is 0 Å². The molecule has 21 heavy (non-hydrogen) atoms. The van der Waals surface area contributed by atoms with E-state index in [1.54, 1.807) is 13.0 Å². The average Bonchev–Trinajstić information content (AvgIpc) is 3.25. The van der Waals surface area contributed by atoms with Gasteiger partial charge >= 0.3 is 5.97 Å². The van der Waals surface area contributed by atoms with Gasteiger partial charge in [-0.25, -0.2) is 4.39 Å². The van der Waals surface area contributed by atoms with Crippen LogP contribution in [0.3, 0.4) is 0 Å². The summed E-state index contributed by atoms with van der Waals surface area (Å²) in [5, 5.41) is 8.74. The molecular weight excluding hydrogens is 277 g/mol. The first-order valence-electron chi connectivity index (χ1n) is 6.92. The van der Waals surface area contributed by atoms with E-state index in [9.17, 15) is 14.0 Å². The van der Waals surface area contributed by atoms with Crippen LogP contribution in [0.1, 0.15) is 26.2 Å². The normalized spacial score (nSPS) is 15.3. The van der Waals surface area contributed by atoms with E-state index < -0.39 is 17.9 Å². The molecule has 1 aromatic carbocycles. The minimum Gasteiger partial charge on any atom is -0.481 e. The molecule has 0 aliphatic heterocycles. The molecule has 6 heteroatoms. The zero-order chi connectivity index (χ0) is 15.4. The Balaban J connectivity index is 1.99. The van der Waals surface area contributed by atoms with Crippen molar-refractivity contribution in [2.24, 2.45) is 0 Å². The molecular formula is C15H18FNO4. The monoisotopic (exact) mass is 295 g/mol. The third-order valence-electron chi connectivity index (χ3n) is 3.33. The van der Waals surface area contributed by atoms with Gasteiger partial charge in [-0.3, -0.25) is 9.59 Å². The summed E-state index contributed by atoms with van der Waals surface area (Å²) in [6, 6.07) is 5.97. The Kier molecular flexibility index (Phi) is 4.77. The summed E-state index contributed by atoms with van der Waals surface area (Å²) >= 11 is 0. The number of carbonyl (C=O) groups is 2.